The summed E-state index contributed by atoms with van der Waals surface area (Å²) in [5.74, 6) is 0. The van der Waals surface area contributed by atoms with Gasteiger partial charge in [-0.3, -0.25) is 0 Å². The normalized spacial score (nSPS) is 24.1. The number of hydrogen-bond acceptors (Lipinski definition) is 3. The third-order valence-corrected chi connectivity index (χ3v) is 4.06. The first-order valence-corrected chi connectivity index (χ1v) is 9.20. The zero-order chi connectivity index (χ0) is 15.0. The second kappa shape index (κ2) is 14.8. The van der Waals surface area contributed by atoms with Crippen molar-refractivity contribution in [2.24, 2.45) is 0 Å². The van der Waals surface area contributed by atoms with Gasteiger partial charge in [-0.05, 0) is 44.9 Å². The molecule has 0 aliphatic carbocycles. The van der Waals surface area contributed by atoms with Crippen LogP contribution in [0.5, 0.6) is 0 Å². The Labute approximate surface area is 131 Å². The lowest BCUT2D eigenvalue weighted by Gasteiger charge is -2.07. The maximum atomic E-state index is 5.53. The molecular formula is C18H36O3. The molecule has 0 N–H and O–H groups in total. The van der Waals surface area contributed by atoms with Gasteiger partial charge in [-0.1, -0.05) is 32.6 Å². The Morgan fingerprint density at radius 3 is 1.71 bits per heavy atom. The van der Waals surface area contributed by atoms with E-state index in [1.165, 1.54) is 70.6 Å². The summed E-state index contributed by atoms with van der Waals surface area (Å²) in [6, 6.07) is 0. The van der Waals surface area contributed by atoms with Gasteiger partial charge < -0.3 is 14.2 Å². The highest BCUT2D eigenvalue weighted by Crippen LogP contribution is 2.18. The molecule has 0 saturated carbocycles. The molecule has 21 heavy (non-hydrogen) atoms. The fourth-order valence-corrected chi connectivity index (χ4v) is 2.69. The monoisotopic (exact) mass is 300 g/mol. The highest BCUT2D eigenvalue weighted by Gasteiger charge is 2.13. The number of ether oxygens (including phenoxy) is 3. The van der Waals surface area contributed by atoms with Crippen LogP contribution in [-0.2, 0) is 14.2 Å². The van der Waals surface area contributed by atoms with Gasteiger partial charge in [-0.15, -0.1) is 0 Å². The van der Waals surface area contributed by atoms with E-state index in [9.17, 15) is 0 Å². The second-order valence-corrected chi connectivity index (χ2v) is 6.12. The molecule has 0 amide bonds. The van der Waals surface area contributed by atoms with Crippen molar-refractivity contribution in [2.75, 3.05) is 33.0 Å². The summed E-state index contributed by atoms with van der Waals surface area (Å²) in [5.41, 5.74) is 0. The van der Waals surface area contributed by atoms with Crippen molar-refractivity contribution in [3.63, 3.8) is 0 Å². The third kappa shape index (κ3) is 12.1. The summed E-state index contributed by atoms with van der Waals surface area (Å²) in [6.45, 7) is 7.27. The average Bonchev–Trinajstić information content (AvgIpc) is 3.31. The Morgan fingerprint density at radius 2 is 1.33 bits per heavy atom. The summed E-state index contributed by atoms with van der Waals surface area (Å²) >= 11 is 0. The van der Waals surface area contributed by atoms with E-state index < -0.39 is 0 Å². The van der Waals surface area contributed by atoms with Crippen molar-refractivity contribution in [2.45, 2.75) is 83.7 Å². The zero-order valence-electron chi connectivity index (χ0n) is 14.1. The molecular weight excluding hydrogens is 264 g/mol. The van der Waals surface area contributed by atoms with Crippen molar-refractivity contribution >= 4 is 0 Å². The van der Waals surface area contributed by atoms with Crippen LogP contribution in [0.3, 0.4) is 0 Å². The largest absolute Gasteiger partial charge is 0.381 e. The maximum absolute atomic E-state index is 5.53. The van der Waals surface area contributed by atoms with E-state index in [2.05, 4.69) is 6.92 Å². The zero-order valence-corrected chi connectivity index (χ0v) is 14.1. The molecule has 3 nitrogen and oxygen atoms in total. The van der Waals surface area contributed by atoms with Crippen LogP contribution in [-0.4, -0.2) is 39.1 Å². The molecule has 3 heteroatoms. The van der Waals surface area contributed by atoms with E-state index in [4.69, 9.17) is 14.2 Å². The minimum Gasteiger partial charge on any atom is -0.381 e. The van der Waals surface area contributed by atoms with Gasteiger partial charge in [0.1, 0.15) is 0 Å². The Kier molecular flexibility index (Phi) is 13.3. The van der Waals surface area contributed by atoms with Crippen LogP contribution in [0.4, 0.5) is 0 Å². The van der Waals surface area contributed by atoms with Gasteiger partial charge in [0, 0.05) is 33.0 Å². The molecule has 1 atom stereocenters. The predicted molar refractivity (Wildman–Crippen MR) is 87.8 cm³/mol. The Morgan fingerprint density at radius 1 is 0.714 bits per heavy atom. The third-order valence-electron chi connectivity index (χ3n) is 4.06. The predicted octanol–water partition coefficient (Wildman–Crippen LogP) is 4.73. The standard InChI is InChI=1S/C10H20O.2C4H8O/c1-2-3-4-5-7-10-8-6-9-11-10;2*1-2-4-5-3-1/h10H,2-9H2,1H3;2*1-4H2. The minimum atomic E-state index is 0.617. The molecule has 3 aliphatic rings. The number of hydrogen-bond donors (Lipinski definition) is 0. The molecule has 0 bridgehead atoms. The van der Waals surface area contributed by atoms with Crippen LogP contribution in [0.25, 0.3) is 0 Å². The highest BCUT2D eigenvalue weighted by atomic mass is 16.5. The van der Waals surface area contributed by atoms with E-state index in [-0.39, 0.29) is 0 Å². The number of rotatable bonds is 5. The number of unbranched alkanes of at least 4 members (excludes halogenated alkanes) is 3. The first-order chi connectivity index (χ1) is 10.4. The van der Waals surface area contributed by atoms with E-state index in [1.807, 2.05) is 0 Å². The minimum absolute atomic E-state index is 0.617. The fourth-order valence-electron chi connectivity index (χ4n) is 2.69. The molecule has 3 rings (SSSR count). The summed E-state index contributed by atoms with van der Waals surface area (Å²) in [5, 5.41) is 0. The van der Waals surface area contributed by atoms with Crippen LogP contribution >= 0.6 is 0 Å². The molecule has 3 fully saturated rings. The first-order valence-electron chi connectivity index (χ1n) is 9.20. The maximum Gasteiger partial charge on any atom is 0.0576 e. The van der Waals surface area contributed by atoms with Gasteiger partial charge >= 0.3 is 0 Å². The van der Waals surface area contributed by atoms with Crippen LogP contribution in [0.2, 0.25) is 0 Å². The van der Waals surface area contributed by atoms with Gasteiger partial charge in [-0.25, -0.2) is 0 Å². The molecule has 3 heterocycles. The lowest BCUT2D eigenvalue weighted by atomic mass is 10.1. The average molecular weight is 300 g/mol. The molecule has 0 radical (unpaired) electrons. The van der Waals surface area contributed by atoms with Crippen molar-refractivity contribution in [3.05, 3.63) is 0 Å². The lowest BCUT2D eigenvalue weighted by Crippen LogP contribution is -2.03. The molecule has 3 aliphatic heterocycles. The van der Waals surface area contributed by atoms with Gasteiger partial charge in [-0.2, -0.15) is 0 Å². The topological polar surface area (TPSA) is 27.7 Å². The van der Waals surface area contributed by atoms with Gasteiger partial charge in [0.25, 0.3) is 0 Å². The van der Waals surface area contributed by atoms with Crippen LogP contribution < -0.4 is 0 Å². The quantitative estimate of drug-likeness (QED) is 0.687. The highest BCUT2D eigenvalue weighted by molar-refractivity contribution is 4.64. The van der Waals surface area contributed by atoms with Crippen molar-refractivity contribution < 1.29 is 14.2 Å². The van der Waals surface area contributed by atoms with Gasteiger partial charge in [0.05, 0.1) is 6.10 Å². The van der Waals surface area contributed by atoms with Crippen molar-refractivity contribution in [3.8, 4) is 0 Å². The molecule has 0 aromatic carbocycles. The lowest BCUT2D eigenvalue weighted by molar-refractivity contribution is 0.102. The summed E-state index contributed by atoms with van der Waals surface area (Å²) in [7, 11) is 0. The molecule has 1 unspecified atom stereocenters. The van der Waals surface area contributed by atoms with E-state index in [0.717, 1.165) is 33.0 Å². The van der Waals surface area contributed by atoms with Crippen LogP contribution in [0.15, 0.2) is 0 Å². The summed E-state index contributed by atoms with van der Waals surface area (Å²) in [6.07, 6.45) is 15.1. The Balaban J connectivity index is 0.000000181. The molecule has 0 aromatic heterocycles. The molecule has 0 spiro atoms. The fraction of sp³-hybridized carbons (Fsp3) is 1.00. The summed E-state index contributed by atoms with van der Waals surface area (Å²) < 4.78 is 15.4. The Bertz CT molecular complexity index is 169. The van der Waals surface area contributed by atoms with Crippen molar-refractivity contribution in [1.82, 2.24) is 0 Å². The smallest absolute Gasteiger partial charge is 0.0576 e. The van der Waals surface area contributed by atoms with Gasteiger partial charge in [0.2, 0.25) is 0 Å². The molecule has 126 valence electrons. The SMILES string of the molecule is C1CCOC1.C1CCOC1.CCCCCCC1CCCO1. The molecule has 3 saturated heterocycles. The van der Waals surface area contributed by atoms with E-state index in [1.54, 1.807) is 0 Å². The van der Waals surface area contributed by atoms with Crippen LogP contribution in [0.1, 0.15) is 77.6 Å². The van der Waals surface area contributed by atoms with Crippen molar-refractivity contribution in [1.29, 1.82) is 0 Å². The second-order valence-electron chi connectivity index (χ2n) is 6.12. The van der Waals surface area contributed by atoms with Gasteiger partial charge in [0.15, 0.2) is 0 Å². The van der Waals surface area contributed by atoms with E-state index in [0.29, 0.717) is 6.10 Å². The van der Waals surface area contributed by atoms with Crippen LogP contribution in [0, 0.1) is 0 Å². The first kappa shape index (κ1) is 18.9. The summed E-state index contributed by atoms with van der Waals surface area (Å²) in [4.78, 5) is 0. The van der Waals surface area contributed by atoms with E-state index >= 15 is 0 Å². The Hall–Kier alpha value is -0.120. The molecule has 0 aromatic rings.